The van der Waals surface area contributed by atoms with Gasteiger partial charge in [-0.1, -0.05) is 0 Å². The fourth-order valence-corrected chi connectivity index (χ4v) is 0.941. The summed E-state index contributed by atoms with van der Waals surface area (Å²) in [5.74, 6) is 0. The van der Waals surface area contributed by atoms with E-state index in [0.717, 1.165) is 26.1 Å². The largest absolute Gasteiger partial charge is 0.383 e. The van der Waals surface area contributed by atoms with Crippen molar-refractivity contribution in [2.75, 3.05) is 26.8 Å². The van der Waals surface area contributed by atoms with Gasteiger partial charge in [0, 0.05) is 19.2 Å². The second-order valence-electron chi connectivity index (χ2n) is 3.34. The van der Waals surface area contributed by atoms with Gasteiger partial charge >= 0.3 is 0 Å². The molecule has 0 aromatic heterocycles. The molecule has 0 amide bonds. The van der Waals surface area contributed by atoms with E-state index in [9.17, 15) is 0 Å². The third kappa shape index (κ3) is 6.28. The predicted molar refractivity (Wildman–Crippen MR) is 47.6 cm³/mol. The minimum absolute atomic E-state index is 0.146. The molecular formula is C8H20N2O. The lowest BCUT2D eigenvalue weighted by atomic mass is 10.0. The summed E-state index contributed by atoms with van der Waals surface area (Å²) in [6, 6.07) is 0. The smallest absolute Gasteiger partial charge is 0.0587 e. The van der Waals surface area contributed by atoms with Gasteiger partial charge in [-0.15, -0.1) is 0 Å². The molecule has 0 spiro atoms. The van der Waals surface area contributed by atoms with Crippen molar-refractivity contribution >= 4 is 0 Å². The number of nitrogens with two attached hydrogens (primary N) is 1. The van der Waals surface area contributed by atoms with Gasteiger partial charge in [-0.05, 0) is 26.8 Å². The van der Waals surface area contributed by atoms with E-state index in [1.54, 1.807) is 7.11 Å². The first kappa shape index (κ1) is 10.9. The van der Waals surface area contributed by atoms with Crippen LogP contribution in [0.15, 0.2) is 0 Å². The Morgan fingerprint density at radius 1 is 1.45 bits per heavy atom. The van der Waals surface area contributed by atoms with E-state index in [0.29, 0.717) is 0 Å². The first-order valence-corrected chi connectivity index (χ1v) is 4.06. The Kier molecular flexibility index (Phi) is 5.46. The number of methoxy groups -OCH3 is 1. The molecule has 68 valence electrons. The molecule has 0 bridgehead atoms. The molecule has 0 fully saturated rings. The molecule has 0 saturated carbocycles. The van der Waals surface area contributed by atoms with Crippen molar-refractivity contribution in [3.8, 4) is 0 Å². The molecule has 0 aliphatic carbocycles. The topological polar surface area (TPSA) is 47.3 Å². The molecule has 0 aliphatic rings. The van der Waals surface area contributed by atoms with Crippen LogP contribution in [0.5, 0.6) is 0 Å². The zero-order valence-corrected chi connectivity index (χ0v) is 7.81. The maximum absolute atomic E-state index is 5.45. The average Bonchev–Trinajstić information content (AvgIpc) is 1.87. The van der Waals surface area contributed by atoms with Gasteiger partial charge in [0.25, 0.3) is 0 Å². The lowest BCUT2D eigenvalue weighted by Gasteiger charge is -2.25. The molecule has 0 unspecified atom stereocenters. The van der Waals surface area contributed by atoms with Crippen LogP contribution in [0.4, 0.5) is 0 Å². The van der Waals surface area contributed by atoms with Crippen LogP contribution < -0.4 is 11.1 Å². The van der Waals surface area contributed by atoms with Gasteiger partial charge in [-0.25, -0.2) is 0 Å². The lowest BCUT2D eigenvalue weighted by molar-refractivity contribution is 0.187. The highest BCUT2D eigenvalue weighted by Crippen LogP contribution is 2.05. The van der Waals surface area contributed by atoms with Gasteiger partial charge in [-0.3, -0.25) is 0 Å². The van der Waals surface area contributed by atoms with Gasteiger partial charge in [-0.2, -0.15) is 0 Å². The maximum Gasteiger partial charge on any atom is 0.0587 e. The SMILES string of the molecule is COCCNC(C)(C)CCN. The van der Waals surface area contributed by atoms with Gasteiger partial charge in [0.05, 0.1) is 6.61 Å². The lowest BCUT2D eigenvalue weighted by Crippen LogP contribution is -2.42. The third-order valence-corrected chi connectivity index (χ3v) is 1.68. The molecule has 0 aromatic carbocycles. The highest BCUT2D eigenvalue weighted by Gasteiger charge is 2.14. The van der Waals surface area contributed by atoms with Crippen LogP contribution in [0.1, 0.15) is 20.3 Å². The molecule has 0 rings (SSSR count). The van der Waals surface area contributed by atoms with E-state index >= 15 is 0 Å². The molecule has 0 aliphatic heterocycles. The maximum atomic E-state index is 5.45. The first-order chi connectivity index (χ1) is 5.12. The molecule has 0 radical (unpaired) electrons. The van der Waals surface area contributed by atoms with Gasteiger partial charge in [0.1, 0.15) is 0 Å². The zero-order valence-electron chi connectivity index (χ0n) is 7.81. The van der Waals surface area contributed by atoms with E-state index in [-0.39, 0.29) is 5.54 Å². The Morgan fingerprint density at radius 2 is 2.09 bits per heavy atom. The van der Waals surface area contributed by atoms with Crippen LogP contribution in [-0.2, 0) is 4.74 Å². The summed E-state index contributed by atoms with van der Waals surface area (Å²) >= 11 is 0. The number of nitrogens with one attached hydrogen (secondary N) is 1. The Balaban J connectivity index is 3.38. The van der Waals surface area contributed by atoms with Crippen molar-refractivity contribution in [3.63, 3.8) is 0 Å². The Morgan fingerprint density at radius 3 is 2.55 bits per heavy atom. The molecule has 0 atom stereocenters. The zero-order chi connectivity index (χ0) is 8.74. The highest BCUT2D eigenvalue weighted by molar-refractivity contribution is 4.76. The van der Waals surface area contributed by atoms with Crippen LogP contribution in [0.3, 0.4) is 0 Å². The molecule has 0 aromatic rings. The summed E-state index contributed by atoms with van der Waals surface area (Å²) in [5, 5.41) is 3.36. The van der Waals surface area contributed by atoms with E-state index in [2.05, 4.69) is 19.2 Å². The van der Waals surface area contributed by atoms with Crippen molar-refractivity contribution in [1.29, 1.82) is 0 Å². The second-order valence-corrected chi connectivity index (χ2v) is 3.34. The van der Waals surface area contributed by atoms with Crippen LogP contribution in [0.2, 0.25) is 0 Å². The van der Waals surface area contributed by atoms with Crippen molar-refractivity contribution in [1.82, 2.24) is 5.32 Å². The number of hydrogen-bond acceptors (Lipinski definition) is 3. The van der Waals surface area contributed by atoms with E-state index < -0.39 is 0 Å². The van der Waals surface area contributed by atoms with Crippen molar-refractivity contribution in [2.24, 2.45) is 5.73 Å². The standard InChI is InChI=1S/C8H20N2O/c1-8(2,4-5-9)10-6-7-11-3/h10H,4-7,9H2,1-3H3. The monoisotopic (exact) mass is 160 g/mol. The molecule has 11 heavy (non-hydrogen) atoms. The van der Waals surface area contributed by atoms with E-state index in [1.807, 2.05) is 0 Å². The van der Waals surface area contributed by atoms with Crippen LogP contribution in [0.25, 0.3) is 0 Å². The summed E-state index contributed by atoms with van der Waals surface area (Å²) in [6.07, 6.45) is 0.997. The first-order valence-electron chi connectivity index (χ1n) is 4.06. The van der Waals surface area contributed by atoms with Crippen LogP contribution in [-0.4, -0.2) is 32.3 Å². The normalized spacial score (nSPS) is 12.0. The second kappa shape index (κ2) is 5.52. The minimum Gasteiger partial charge on any atom is -0.383 e. The molecule has 3 N–H and O–H groups in total. The number of hydrogen-bond donors (Lipinski definition) is 2. The minimum atomic E-state index is 0.146. The van der Waals surface area contributed by atoms with Gasteiger partial charge < -0.3 is 15.8 Å². The summed E-state index contributed by atoms with van der Waals surface area (Å²) in [7, 11) is 1.71. The van der Waals surface area contributed by atoms with Gasteiger partial charge in [0.2, 0.25) is 0 Å². The highest BCUT2D eigenvalue weighted by atomic mass is 16.5. The third-order valence-electron chi connectivity index (χ3n) is 1.68. The quantitative estimate of drug-likeness (QED) is 0.551. The summed E-state index contributed by atoms with van der Waals surface area (Å²) in [4.78, 5) is 0. The van der Waals surface area contributed by atoms with Crippen molar-refractivity contribution in [2.45, 2.75) is 25.8 Å². The average molecular weight is 160 g/mol. The molecule has 3 nitrogen and oxygen atoms in total. The fraction of sp³-hybridized carbons (Fsp3) is 1.00. The Hall–Kier alpha value is -0.120. The van der Waals surface area contributed by atoms with Crippen molar-refractivity contribution < 1.29 is 4.74 Å². The van der Waals surface area contributed by atoms with Gasteiger partial charge in [0.15, 0.2) is 0 Å². The summed E-state index contributed by atoms with van der Waals surface area (Å²) in [5.41, 5.74) is 5.59. The van der Waals surface area contributed by atoms with Crippen molar-refractivity contribution in [3.05, 3.63) is 0 Å². The van der Waals surface area contributed by atoms with E-state index in [1.165, 1.54) is 0 Å². The molecule has 0 saturated heterocycles. The predicted octanol–water partition coefficient (Wildman–Crippen LogP) is 0.350. The Bertz CT molecular complexity index is 94.1. The van der Waals surface area contributed by atoms with Crippen LogP contribution in [0, 0.1) is 0 Å². The molecular weight excluding hydrogens is 140 g/mol. The Labute approximate surface area is 69.3 Å². The molecule has 0 heterocycles. The van der Waals surface area contributed by atoms with Crippen LogP contribution >= 0.6 is 0 Å². The number of ether oxygens (including phenoxy) is 1. The summed E-state index contributed by atoms with van der Waals surface area (Å²) < 4.78 is 4.92. The fourth-order valence-electron chi connectivity index (χ4n) is 0.941. The summed E-state index contributed by atoms with van der Waals surface area (Å²) in [6.45, 7) is 6.68. The molecule has 3 heteroatoms. The van der Waals surface area contributed by atoms with E-state index in [4.69, 9.17) is 10.5 Å². The number of rotatable bonds is 6.